The first-order valence-electron chi connectivity index (χ1n) is 6.02. The lowest BCUT2D eigenvalue weighted by atomic mass is 10.2. The average molecular weight is 305 g/mol. The smallest absolute Gasteiger partial charge is 0.408 e. The second-order valence-electron chi connectivity index (χ2n) is 5.18. The highest BCUT2D eigenvalue weighted by Crippen LogP contribution is 2.19. The average Bonchev–Trinajstić information content (AvgIpc) is 2.30. The zero-order valence-electron chi connectivity index (χ0n) is 11.9. The molecule has 0 saturated carbocycles. The van der Waals surface area contributed by atoms with Crippen LogP contribution in [0, 0.1) is 5.82 Å². The molecule has 0 fully saturated rings. The van der Waals surface area contributed by atoms with Gasteiger partial charge in [-0.05, 0) is 26.8 Å². The molecular formula is C13H18ClFN2O3. The predicted molar refractivity (Wildman–Crippen MR) is 73.2 cm³/mol. The number of methoxy groups -OCH3 is 1. The van der Waals surface area contributed by atoms with Crippen LogP contribution in [0.2, 0.25) is 5.02 Å². The third-order valence-corrected chi connectivity index (χ3v) is 2.50. The molecule has 0 saturated heterocycles. The van der Waals surface area contributed by atoms with Crippen LogP contribution >= 0.6 is 11.6 Å². The maximum absolute atomic E-state index is 13.1. The first-order chi connectivity index (χ1) is 9.23. The van der Waals surface area contributed by atoms with E-state index in [0.29, 0.717) is 5.69 Å². The Kier molecular flexibility index (Phi) is 5.71. The molecule has 1 unspecified atom stereocenters. The van der Waals surface area contributed by atoms with Crippen molar-refractivity contribution in [1.82, 2.24) is 10.3 Å². The maximum atomic E-state index is 13.1. The van der Waals surface area contributed by atoms with Gasteiger partial charge in [0.25, 0.3) is 0 Å². The Morgan fingerprint density at radius 3 is 2.70 bits per heavy atom. The van der Waals surface area contributed by atoms with Crippen LogP contribution in [0.25, 0.3) is 0 Å². The largest absolute Gasteiger partial charge is 0.444 e. The number of alkyl carbamates (subject to hydrolysis) is 1. The lowest BCUT2D eigenvalue weighted by Gasteiger charge is -2.23. The number of aromatic nitrogens is 1. The van der Waals surface area contributed by atoms with E-state index >= 15 is 0 Å². The van der Waals surface area contributed by atoms with Crippen molar-refractivity contribution < 1.29 is 18.7 Å². The molecule has 0 aliphatic heterocycles. The summed E-state index contributed by atoms with van der Waals surface area (Å²) in [5.74, 6) is -0.621. The summed E-state index contributed by atoms with van der Waals surface area (Å²) in [6.45, 7) is 5.43. The first kappa shape index (κ1) is 16.7. The van der Waals surface area contributed by atoms with Gasteiger partial charge < -0.3 is 14.8 Å². The monoisotopic (exact) mass is 304 g/mol. The number of nitrogens with zero attached hydrogens (tertiary/aromatic N) is 1. The van der Waals surface area contributed by atoms with Crippen LogP contribution in [0.15, 0.2) is 12.3 Å². The lowest BCUT2D eigenvalue weighted by molar-refractivity contribution is 0.0466. The van der Waals surface area contributed by atoms with E-state index in [0.717, 1.165) is 6.20 Å². The van der Waals surface area contributed by atoms with E-state index in [1.54, 1.807) is 20.8 Å². The van der Waals surface area contributed by atoms with Crippen LogP contribution in [0.1, 0.15) is 32.5 Å². The number of pyridine rings is 1. The van der Waals surface area contributed by atoms with E-state index in [4.69, 9.17) is 21.1 Å². The molecule has 0 bridgehead atoms. The summed E-state index contributed by atoms with van der Waals surface area (Å²) >= 11 is 5.70. The number of hydrogen-bond acceptors (Lipinski definition) is 4. The summed E-state index contributed by atoms with van der Waals surface area (Å²) < 4.78 is 23.3. The summed E-state index contributed by atoms with van der Waals surface area (Å²) in [4.78, 5) is 15.6. The van der Waals surface area contributed by atoms with Gasteiger partial charge >= 0.3 is 6.09 Å². The first-order valence-corrected chi connectivity index (χ1v) is 6.40. The van der Waals surface area contributed by atoms with Gasteiger partial charge in [0.2, 0.25) is 0 Å². The summed E-state index contributed by atoms with van der Waals surface area (Å²) in [5.41, 5.74) is -0.223. The maximum Gasteiger partial charge on any atom is 0.408 e. The topological polar surface area (TPSA) is 60.5 Å². The molecule has 1 N–H and O–H groups in total. The third-order valence-electron chi connectivity index (χ3n) is 2.21. The Labute approximate surface area is 122 Å². The number of ether oxygens (including phenoxy) is 2. The van der Waals surface area contributed by atoms with Gasteiger partial charge in [-0.2, -0.15) is 0 Å². The highest BCUT2D eigenvalue weighted by molar-refractivity contribution is 6.30. The molecular weight excluding hydrogens is 287 g/mol. The number of nitrogens with one attached hydrogen (secondary N) is 1. The van der Waals surface area contributed by atoms with Gasteiger partial charge in [-0.25, -0.2) is 9.18 Å². The van der Waals surface area contributed by atoms with Crippen molar-refractivity contribution in [2.75, 3.05) is 13.7 Å². The molecule has 0 aliphatic carbocycles. The Morgan fingerprint density at radius 1 is 1.55 bits per heavy atom. The fraction of sp³-hybridized carbons (Fsp3) is 0.538. The normalized spacial score (nSPS) is 12.9. The summed E-state index contributed by atoms with van der Waals surface area (Å²) in [5, 5.41) is 2.54. The highest BCUT2D eigenvalue weighted by Gasteiger charge is 2.22. The number of amides is 1. The minimum Gasteiger partial charge on any atom is -0.444 e. The molecule has 112 valence electrons. The van der Waals surface area contributed by atoms with Crippen LogP contribution in [0.3, 0.4) is 0 Å². The van der Waals surface area contributed by atoms with Gasteiger partial charge in [0.05, 0.1) is 29.6 Å². The highest BCUT2D eigenvalue weighted by atomic mass is 35.5. The predicted octanol–water partition coefficient (Wildman–Crippen LogP) is 3.09. The molecule has 0 aromatic carbocycles. The number of halogens is 2. The molecule has 1 aromatic rings. The SMILES string of the molecule is COCC(NC(=O)OC(C)(C)C)c1cc(Cl)c(F)cn1. The van der Waals surface area contributed by atoms with Crippen LogP contribution < -0.4 is 5.32 Å². The third kappa shape index (κ3) is 5.30. The Hall–Kier alpha value is -1.40. The van der Waals surface area contributed by atoms with Gasteiger partial charge in [0.15, 0.2) is 5.82 Å². The standard InChI is InChI=1S/C13H18ClFN2O3/c1-13(2,3)20-12(18)17-11(7-19-4)10-5-8(14)9(15)6-16-10/h5-6,11H,7H2,1-4H3,(H,17,18). The van der Waals surface area contributed by atoms with Crippen molar-refractivity contribution in [3.8, 4) is 0 Å². The van der Waals surface area contributed by atoms with Crippen LogP contribution in [-0.4, -0.2) is 30.4 Å². The molecule has 20 heavy (non-hydrogen) atoms. The summed E-state index contributed by atoms with van der Waals surface area (Å²) in [7, 11) is 1.48. The minimum atomic E-state index is -0.621. The molecule has 5 nitrogen and oxygen atoms in total. The molecule has 0 aliphatic rings. The number of carbonyl (C=O) groups is 1. The summed E-state index contributed by atoms with van der Waals surface area (Å²) in [6.07, 6.45) is 0.388. The van der Waals surface area contributed by atoms with E-state index < -0.39 is 23.6 Å². The van der Waals surface area contributed by atoms with Crippen molar-refractivity contribution in [2.24, 2.45) is 0 Å². The number of carbonyl (C=O) groups excluding carboxylic acids is 1. The molecule has 1 atom stereocenters. The lowest BCUT2D eigenvalue weighted by Crippen LogP contribution is -2.36. The van der Waals surface area contributed by atoms with Gasteiger partial charge in [0, 0.05) is 7.11 Å². The van der Waals surface area contributed by atoms with Crippen LogP contribution in [0.4, 0.5) is 9.18 Å². The Bertz CT molecular complexity index is 477. The van der Waals surface area contributed by atoms with Gasteiger partial charge in [-0.15, -0.1) is 0 Å². The van der Waals surface area contributed by atoms with Crippen molar-refractivity contribution in [1.29, 1.82) is 0 Å². The molecule has 1 aromatic heterocycles. The zero-order valence-corrected chi connectivity index (χ0v) is 12.6. The van der Waals surface area contributed by atoms with Crippen molar-refractivity contribution in [2.45, 2.75) is 32.4 Å². The van der Waals surface area contributed by atoms with E-state index in [1.165, 1.54) is 13.2 Å². The van der Waals surface area contributed by atoms with Gasteiger partial charge in [-0.1, -0.05) is 11.6 Å². The van der Waals surface area contributed by atoms with E-state index in [-0.39, 0.29) is 11.6 Å². The van der Waals surface area contributed by atoms with Gasteiger partial charge in [-0.3, -0.25) is 4.98 Å². The fourth-order valence-corrected chi connectivity index (χ4v) is 1.60. The molecule has 0 spiro atoms. The number of hydrogen-bond donors (Lipinski definition) is 1. The second-order valence-corrected chi connectivity index (χ2v) is 5.58. The number of rotatable bonds is 4. The molecule has 7 heteroatoms. The van der Waals surface area contributed by atoms with Crippen molar-refractivity contribution in [3.63, 3.8) is 0 Å². The second kappa shape index (κ2) is 6.85. The minimum absolute atomic E-state index is 0.0675. The Morgan fingerprint density at radius 2 is 2.20 bits per heavy atom. The quantitative estimate of drug-likeness (QED) is 0.928. The van der Waals surface area contributed by atoms with Gasteiger partial charge in [0.1, 0.15) is 5.60 Å². The van der Waals surface area contributed by atoms with E-state index in [2.05, 4.69) is 10.3 Å². The van der Waals surface area contributed by atoms with Crippen LogP contribution in [-0.2, 0) is 9.47 Å². The van der Waals surface area contributed by atoms with E-state index in [9.17, 15) is 9.18 Å². The fourth-order valence-electron chi connectivity index (χ4n) is 1.44. The molecule has 0 radical (unpaired) electrons. The summed E-state index contributed by atoms with van der Waals surface area (Å²) in [6, 6.07) is 0.769. The molecule has 1 heterocycles. The van der Waals surface area contributed by atoms with Crippen LogP contribution in [0.5, 0.6) is 0 Å². The molecule has 1 rings (SSSR count). The Balaban J connectivity index is 2.83. The van der Waals surface area contributed by atoms with E-state index in [1.807, 2.05) is 0 Å². The van der Waals surface area contributed by atoms with Crippen molar-refractivity contribution in [3.05, 3.63) is 28.8 Å². The molecule has 1 amide bonds. The van der Waals surface area contributed by atoms with Crippen molar-refractivity contribution >= 4 is 17.7 Å². The zero-order chi connectivity index (χ0) is 15.3.